The van der Waals surface area contributed by atoms with E-state index < -0.39 is 0 Å². The lowest BCUT2D eigenvalue weighted by molar-refractivity contribution is -0.115. The van der Waals surface area contributed by atoms with Crippen molar-refractivity contribution in [2.45, 2.75) is 104 Å². The van der Waals surface area contributed by atoms with Gasteiger partial charge in [-0.3, -0.25) is 4.79 Å². The number of hydrogen-bond donors (Lipinski definition) is 1. The van der Waals surface area contributed by atoms with Gasteiger partial charge in [0, 0.05) is 23.5 Å². The third-order valence-corrected chi connectivity index (χ3v) is 8.55. The Balaban J connectivity index is 1.39. The normalized spacial score (nSPS) is 13.0. The van der Waals surface area contributed by atoms with E-state index in [0.717, 1.165) is 42.1 Å². The number of carbonyl (C=O) groups excluding carboxylic acids is 1. The highest BCUT2D eigenvalue weighted by Crippen LogP contribution is 2.30. The van der Waals surface area contributed by atoms with E-state index in [2.05, 4.69) is 35.5 Å². The summed E-state index contributed by atoms with van der Waals surface area (Å²) in [7, 11) is 0. The van der Waals surface area contributed by atoms with Crippen LogP contribution in [0.4, 0.5) is 5.69 Å². The van der Waals surface area contributed by atoms with Crippen LogP contribution in [0.25, 0.3) is 0 Å². The van der Waals surface area contributed by atoms with Gasteiger partial charge in [-0.1, -0.05) is 119 Å². The Bertz CT molecular complexity index is 1040. The predicted octanol–water partition coefficient (Wildman–Crippen LogP) is 9.97. The number of thioether (sulfide) groups is 1. The van der Waals surface area contributed by atoms with Gasteiger partial charge in [0.25, 0.3) is 0 Å². The lowest BCUT2D eigenvalue weighted by Crippen LogP contribution is -2.20. The van der Waals surface area contributed by atoms with Crippen LogP contribution in [0.3, 0.4) is 0 Å². The summed E-state index contributed by atoms with van der Waals surface area (Å²) in [6.45, 7) is 5.79. The average molecular weight is 571 g/mol. The molecular weight excluding hydrogens is 524 g/mol. The predicted molar refractivity (Wildman–Crippen MR) is 169 cm³/mol. The molecule has 0 aliphatic carbocycles. The van der Waals surface area contributed by atoms with Crippen LogP contribution >= 0.6 is 23.4 Å². The van der Waals surface area contributed by atoms with Crippen molar-refractivity contribution in [1.29, 1.82) is 0 Å². The van der Waals surface area contributed by atoms with Gasteiger partial charge in [0.15, 0.2) is 0 Å². The van der Waals surface area contributed by atoms with Crippen molar-refractivity contribution in [2.24, 2.45) is 0 Å². The second-order valence-electron chi connectivity index (χ2n) is 10.6. The molecule has 2 aromatic carbocycles. The molecule has 0 bridgehead atoms. The maximum atomic E-state index is 13.0. The van der Waals surface area contributed by atoms with E-state index in [-0.39, 0.29) is 12.3 Å². The van der Waals surface area contributed by atoms with Crippen LogP contribution in [0.2, 0.25) is 5.02 Å². The Morgan fingerprint density at radius 2 is 1.54 bits per heavy atom. The maximum Gasteiger partial charge on any atom is 0.228 e. The second kappa shape index (κ2) is 18.3. The Kier molecular flexibility index (Phi) is 14.7. The van der Waals surface area contributed by atoms with Gasteiger partial charge in [0.2, 0.25) is 5.91 Å². The van der Waals surface area contributed by atoms with Crippen molar-refractivity contribution in [1.82, 2.24) is 4.90 Å². The first-order valence-electron chi connectivity index (χ1n) is 14.9. The van der Waals surface area contributed by atoms with E-state index in [1.54, 1.807) is 11.8 Å². The van der Waals surface area contributed by atoms with Crippen LogP contribution in [-0.2, 0) is 17.8 Å². The Morgan fingerprint density at radius 3 is 2.21 bits per heavy atom. The van der Waals surface area contributed by atoms with Crippen molar-refractivity contribution in [3.05, 3.63) is 69.7 Å². The Morgan fingerprint density at radius 1 is 0.897 bits per heavy atom. The molecule has 4 nitrogen and oxygen atoms in total. The van der Waals surface area contributed by atoms with Gasteiger partial charge in [0.05, 0.1) is 23.9 Å². The molecule has 1 aliphatic rings. The minimum absolute atomic E-state index is 0.0667. The lowest BCUT2D eigenvalue weighted by atomic mass is 10.1. The number of benzene rings is 2. The van der Waals surface area contributed by atoms with Gasteiger partial charge >= 0.3 is 0 Å². The molecule has 0 radical (unpaired) electrons. The van der Waals surface area contributed by atoms with E-state index in [9.17, 15) is 4.79 Å². The topological polar surface area (TPSA) is 41.6 Å². The quantitative estimate of drug-likeness (QED) is 0.171. The number of hydrogen-bond acceptors (Lipinski definition) is 4. The van der Waals surface area contributed by atoms with E-state index >= 15 is 0 Å². The third-order valence-electron chi connectivity index (χ3n) is 7.28. The minimum Gasteiger partial charge on any atom is -0.492 e. The molecule has 2 aromatic rings. The van der Waals surface area contributed by atoms with E-state index in [1.807, 2.05) is 36.4 Å². The Labute approximate surface area is 245 Å². The smallest absolute Gasteiger partial charge is 0.228 e. The zero-order valence-electron chi connectivity index (χ0n) is 24.0. The molecule has 0 unspecified atom stereocenters. The van der Waals surface area contributed by atoms with Gasteiger partial charge in [0.1, 0.15) is 5.75 Å². The number of halogens is 1. The number of para-hydroxylation sites is 2. The molecule has 0 saturated carbocycles. The molecule has 1 heterocycles. The molecule has 39 heavy (non-hydrogen) atoms. The molecule has 0 atom stereocenters. The monoisotopic (exact) mass is 570 g/mol. The second-order valence-corrected chi connectivity index (χ2v) is 11.8. The molecule has 3 rings (SSSR count). The molecule has 214 valence electrons. The molecule has 0 saturated heterocycles. The average Bonchev–Trinajstić information content (AvgIpc) is 3.33. The SMILES string of the molecule is CCCCCCCCCCCCCCOc1c(Cl)cccc1CC(=O)Nc1ccccc1CN1CSC=C1C. The maximum absolute atomic E-state index is 13.0. The van der Waals surface area contributed by atoms with Gasteiger partial charge < -0.3 is 15.0 Å². The van der Waals surface area contributed by atoms with E-state index in [0.29, 0.717) is 17.4 Å². The molecule has 6 heteroatoms. The number of amides is 1. The van der Waals surface area contributed by atoms with Crippen molar-refractivity contribution < 1.29 is 9.53 Å². The summed E-state index contributed by atoms with van der Waals surface area (Å²) in [6.07, 6.45) is 16.0. The zero-order chi connectivity index (χ0) is 27.7. The number of carbonyl (C=O) groups is 1. The summed E-state index contributed by atoms with van der Waals surface area (Å²) in [5.74, 6) is 1.51. The van der Waals surface area contributed by atoms with E-state index in [1.165, 1.54) is 69.9 Å². The first kappa shape index (κ1) is 31.4. The van der Waals surface area contributed by atoms with E-state index in [4.69, 9.17) is 16.3 Å². The number of allylic oxidation sites excluding steroid dienone is 1. The van der Waals surface area contributed by atoms with Gasteiger partial charge in [-0.05, 0) is 36.4 Å². The first-order chi connectivity index (χ1) is 19.1. The van der Waals surface area contributed by atoms with Gasteiger partial charge in [-0.25, -0.2) is 0 Å². The fourth-order valence-electron chi connectivity index (χ4n) is 4.92. The molecule has 0 aromatic heterocycles. The Hall–Kier alpha value is -2.11. The molecule has 1 aliphatic heterocycles. The number of ether oxygens (including phenoxy) is 1. The number of nitrogens with zero attached hydrogens (tertiary/aromatic N) is 1. The van der Waals surface area contributed by atoms with Crippen molar-refractivity contribution in [2.75, 3.05) is 17.8 Å². The summed E-state index contributed by atoms with van der Waals surface area (Å²) in [5.41, 5.74) is 4.05. The fourth-order valence-corrected chi connectivity index (χ4v) is 6.11. The first-order valence-corrected chi connectivity index (χ1v) is 16.3. The van der Waals surface area contributed by atoms with Crippen LogP contribution in [0, 0.1) is 0 Å². The standard InChI is InChI=1S/C33H47ClN2O2S/c1-3-4-5-6-7-8-9-10-11-12-13-16-22-38-33-28(19-17-20-30(33)34)23-32(37)35-31-21-15-14-18-29(31)24-36-26-39-25-27(36)2/h14-15,17-21,25H,3-13,16,22-24,26H2,1-2H3,(H,35,37). The summed E-state index contributed by atoms with van der Waals surface area (Å²) in [5, 5.41) is 5.86. The fraction of sp³-hybridized carbons (Fsp3) is 0.545. The van der Waals surface area contributed by atoms with Gasteiger partial charge in [-0.15, -0.1) is 11.8 Å². The number of anilines is 1. The van der Waals surface area contributed by atoms with Crippen LogP contribution in [-0.4, -0.2) is 23.3 Å². The molecule has 0 spiro atoms. The highest BCUT2D eigenvalue weighted by atomic mass is 35.5. The number of unbranched alkanes of at least 4 members (excludes halogenated alkanes) is 11. The highest BCUT2D eigenvalue weighted by Gasteiger charge is 2.16. The number of rotatable bonds is 19. The highest BCUT2D eigenvalue weighted by molar-refractivity contribution is 8.02. The summed E-state index contributed by atoms with van der Waals surface area (Å²) in [4.78, 5) is 15.4. The van der Waals surface area contributed by atoms with Crippen molar-refractivity contribution in [3.8, 4) is 5.75 Å². The summed E-state index contributed by atoms with van der Waals surface area (Å²) < 4.78 is 6.11. The van der Waals surface area contributed by atoms with Crippen LogP contribution in [0.1, 0.15) is 102 Å². The van der Waals surface area contributed by atoms with Crippen LogP contribution in [0.15, 0.2) is 53.6 Å². The molecule has 1 N–H and O–H groups in total. The molecular formula is C33H47ClN2O2S. The summed E-state index contributed by atoms with van der Waals surface area (Å²) >= 11 is 8.29. The zero-order valence-corrected chi connectivity index (χ0v) is 25.6. The molecule has 1 amide bonds. The van der Waals surface area contributed by atoms with Gasteiger partial charge in [-0.2, -0.15) is 0 Å². The number of nitrogens with one attached hydrogen (secondary N) is 1. The van der Waals surface area contributed by atoms with Crippen molar-refractivity contribution >= 4 is 35.0 Å². The third kappa shape index (κ3) is 11.5. The summed E-state index contributed by atoms with van der Waals surface area (Å²) in [6, 6.07) is 13.7. The van der Waals surface area contributed by atoms with Crippen LogP contribution < -0.4 is 10.1 Å². The molecule has 0 fully saturated rings. The van der Waals surface area contributed by atoms with Crippen LogP contribution in [0.5, 0.6) is 5.75 Å². The minimum atomic E-state index is -0.0667. The largest absolute Gasteiger partial charge is 0.492 e. The van der Waals surface area contributed by atoms with Crippen molar-refractivity contribution in [3.63, 3.8) is 0 Å². The lowest BCUT2D eigenvalue weighted by Gasteiger charge is -2.21.